The van der Waals surface area contributed by atoms with E-state index in [9.17, 15) is 0 Å². The first-order valence-electron chi connectivity index (χ1n) is 8.13. The number of hydrogen-bond acceptors (Lipinski definition) is 2. The van der Waals surface area contributed by atoms with Gasteiger partial charge in [-0.3, -0.25) is 4.98 Å². The molecule has 1 rings (SSSR count). The van der Waals surface area contributed by atoms with E-state index in [1.165, 1.54) is 51.4 Å². The minimum Gasteiger partial charge on any atom is -0.309 e. The fraction of sp³-hybridized carbons (Fsp3) is 0.706. The van der Waals surface area contributed by atoms with Crippen LogP contribution in [-0.4, -0.2) is 11.5 Å². The molecule has 2 nitrogen and oxygen atoms in total. The quantitative estimate of drug-likeness (QED) is 0.527. The summed E-state index contributed by atoms with van der Waals surface area (Å²) in [5.74, 6) is 0. The molecule has 0 bridgehead atoms. The number of hydrogen-bond donors (Lipinski definition) is 1. The molecule has 1 unspecified atom stereocenters. The smallest absolute Gasteiger partial charge is 0.0714 e. The van der Waals surface area contributed by atoms with Crippen molar-refractivity contribution in [1.82, 2.24) is 10.3 Å². The molecule has 0 fully saturated rings. The van der Waals surface area contributed by atoms with Crippen molar-refractivity contribution in [3.05, 3.63) is 28.5 Å². The van der Waals surface area contributed by atoms with E-state index in [0.29, 0.717) is 6.04 Å². The van der Waals surface area contributed by atoms with E-state index in [2.05, 4.69) is 46.1 Å². The maximum Gasteiger partial charge on any atom is 0.0714 e. The summed E-state index contributed by atoms with van der Waals surface area (Å²) in [6.45, 7) is 5.42. The van der Waals surface area contributed by atoms with Crippen molar-refractivity contribution in [1.29, 1.82) is 0 Å². The van der Waals surface area contributed by atoms with Crippen molar-refractivity contribution in [2.45, 2.75) is 71.3 Å². The topological polar surface area (TPSA) is 24.9 Å². The summed E-state index contributed by atoms with van der Waals surface area (Å²) in [6, 6.07) is 4.44. The second-order valence-electron chi connectivity index (χ2n) is 5.39. The van der Waals surface area contributed by atoms with Crippen molar-refractivity contribution in [3.63, 3.8) is 0 Å². The molecule has 0 spiro atoms. The Bertz CT molecular complexity index is 355. The molecular formula is C17H29BrN2. The Kier molecular flexibility index (Phi) is 9.94. The maximum atomic E-state index is 4.53. The predicted molar refractivity (Wildman–Crippen MR) is 91.0 cm³/mol. The molecule has 0 aromatic carbocycles. The van der Waals surface area contributed by atoms with Gasteiger partial charge in [-0.1, -0.05) is 58.8 Å². The van der Waals surface area contributed by atoms with Crippen LogP contribution in [0.5, 0.6) is 0 Å². The summed E-state index contributed by atoms with van der Waals surface area (Å²) in [5, 5.41) is 3.56. The van der Waals surface area contributed by atoms with Gasteiger partial charge in [0, 0.05) is 10.7 Å². The van der Waals surface area contributed by atoms with Gasteiger partial charge in [0.1, 0.15) is 0 Å². The largest absolute Gasteiger partial charge is 0.309 e. The number of nitrogens with zero attached hydrogens (tertiary/aromatic N) is 1. The van der Waals surface area contributed by atoms with Gasteiger partial charge in [-0.2, -0.15) is 0 Å². The first kappa shape index (κ1) is 17.6. The highest BCUT2D eigenvalue weighted by Gasteiger charge is 2.14. The van der Waals surface area contributed by atoms with Crippen LogP contribution in [0.4, 0.5) is 0 Å². The van der Waals surface area contributed by atoms with E-state index >= 15 is 0 Å². The van der Waals surface area contributed by atoms with E-state index in [-0.39, 0.29) is 0 Å². The monoisotopic (exact) mass is 340 g/mol. The molecular weight excluding hydrogens is 312 g/mol. The second-order valence-corrected chi connectivity index (χ2v) is 6.25. The SMILES string of the molecule is CCCCCCCCCC(NCC)c1ncccc1Br. The molecule has 20 heavy (non-hydrogen) atoms. The lowest BCUT2D eigenvalue weighted by atomic mass is 10.0. The Morgan fingerprint density at radius 3 is 2.45 bits per heavy atom. The number of nitrogens with one attached hydrogen (secondary N) is 1. The zero-order chi connectivity index (χ0) is 14.6. The van der Waals surface area contributed by atoms with Gasteiger partial charge in [-0.05, 0) is 41.0 Å². The highest BCUT2D eigenvalue weighted by atomic mass is 79.9. The zero-order valence-corrected chi connectivity index (χ0v) is 14.6. The lowest BCUT2D eigenvalue weighted by molar-refractivity contribution is 0.466. The molecule has 0 radical (unpaired) electrons. The number of halogens is 1. The van der Waals surface area contributed by atoms with Gasteiger partial charge in [-0.15, -0.1) is 0 Å². The van der Waals surface area contributed by atoms with Gasteiger partial charge in [0.2, 0.25) is 0 Å². The molecule has 0 amide bonds. The number of unbranched alkanes of at least 4 members (excludes halogenated alkanes) is 6. The van der Waals surface area contributed by atoms with Crippen molar-refractivity contribution >= 4 is 15.9 Å². The van der Waals surface area contributed by atoms with Crippen molar-refractivity contribution < 1.29 is 0 Å². The van der Waals surface area contributed by atoms with Gasteiger partial charge in [0.15, 0.2) is 0 Å². The number of aromatic nitrogens is 1. The summed E-state index contributed by atoms with van der Waals surface area (Å²) in [5.41, 5.74) is 1.15. The molecule has 1 atom stereocenters. The normalized spacial score (nSPS) is 12.6. The highest BCUT2D eigenvalue weighted by molar-refractivity contribution is 9.10. The van der Waals surface area contributed by atoms with Crippen LogP contribution < -0.4 is 5.32 Å². The Morgan fingerprint density at radius 2 is 1.80 bits per heavy atom. The second kappa shape index (κ2) is 11.3. The fourth-order valence-electron chi connectivity index (χ4n) is 2.54. The van der Waals surface area contributed by atoms with E-state index in [0.717, 1.165) is 16.7 Å². The van der Waals surface area contributed by atoms with Gasteiger partial charge in [0.05, 0.1) is 11.7 Å². The van der Waals surface area contributed by atoms with Crippen LogP contribution in [0.1, 0.15) is 76.9 Å². The Labute approximate surface area is 132 Å². The minimum atomic E-state index is 0.381. The third-order valence-corrected chi connectivity index (χ3v) is 4.33. The van der Waals surface area contributed by atoms with Crippen molar-refractivity contribution in [2.75, 3.05) is 6.54 Å². The molecule has 1 aromatic rings. The number of pyridine rings is 1. The molecule has 3 heteroatoms. The minimum absolute atomic E-state index is 0.381. The van der Waals surface area contributed by atoms with Crippen LogP contribution in [0.2, 0.25) is 0 Å². The molecule has 0 aliphatic rings. The molecule has 0 aliphatic carbocycles. The van der Waals surface area contributed by atoms with Crippen molar-refractivity contribution in [2.24, 2.45) is 0 Å². The molecule has 1 N–H and O–H groups in total. The summed E-state index contributed by atoms with van der Waals surface area (Å²) < 4.78 is 1.12. The lowest BCUT2D eigenvalue weighted by Gasteiger charge is -2.18. The van der Waals surface area contributed by atoms with Crippen LogP contribution in [0.15, 0.2) is 22.8 Å². The van der Waals surface area contributed by atoms with E-state index in [4.69, 9.17) is 0 Å². The third-order valence-electron chi connectivity index (χ3n) is 3.66. The molecule has 1 heterocycles. The molecule has 0 saturated carbocycles. The van der Waals surface area contributed by atoms with E-state index < -0.39 is 0 Å². The van der Waals surface area contributed by atoms with Gasteiger partial charge in [0.25, 0.3) is 0 Å². The van der Waals surface area contributed by atoms with Gasteiger partial charge in [-0.25, -0.2) is 0 Å². The van der Waals surface area contributed by atoms with Crippen LogP contribution >= 0.6 is 15.9 Å². The average Bonchev–Trinajstić information content (AvgIpc) is 2.46. The van der Waals surface area contributed by atoms with E-state index in [1.54, 1.807) is 0 Å². The Balaban J connectivity index is 2.31. The van der Waals surface area contributed by atoms with Crippen LogP contribution in [0, 0.1) is 0 Å². The first-order chi connectivity index (χ1) is 9.79. The molecule has 0 aliphatic heterocycles. The standard InChI is InChI=1S/C17H29BrN2/c1-3-5-6-7-8-9-10-13-16(19-4-2)17-15(18)12-11-14-20-17/h11-12,14,16,19H,3-10,13H2,1-2H3. The van der Waals surface area contributed by atoms with Crippen LogP contribution in [0.25, 0.3) is 0 Å². The summed E-state index contributed by atoms with van der Waals surface area (Å²) >= 11 is 3.62. The first-order valence-corrected chi connectivity index (χ1v) is 8.92. The molecule has 0 saturated heterocycles. The highest BCUT2D eigenvalue weighted by Crippen LogP contribution is 2.25. The summed E-state index contributed by atoms with van der Waals surface area (Å²) in [6.07, 6.45) is 12.6. The van der Waals surface area contributed by atoms with Gasteiger partial charge >= 0.3 is 0 Å². The van der Waals surface area contributed by atoms with Crippen LogP contribution in [0.3, 0.4) is 0 Å². The fourth-order valence-corrected chi connectivity index (χ4v) is 3.07. The number of rotatable bonds is 11. The van der Waals surface area contributed by atoms with Crippen molar-refractivity contribution in [3.8, 4) is 0 Å². The average molecular weight is 341 g/mol. The lowest BCUT2D eigenvalue weighted by Crippen LogP contribution is -2.22. The Hall–Kier alpha value is -0.410. The van der Waals surface area contributed by atoms with E-state index in [1.807, 2.05) is 12.3 Å². The van der Waals surface area contributed by atoms with Crippen LogP contribution in [-0.2, 0) is 0 Å². The molecule has 1 aromatic heterocycles. The maximum absolute atomic E-state index is 4.53. The Morgan fingerprint density at radius 1 is 1.10 bits per heavy atom. The third kappa shape index (κ3) is 6.85. The summed E-state index contributed by atoms with van der Waals surface area (Å²) in [7, 11) is 0. The summed E-state index contributed by atoms with van der Waals surface area (Å²) in [4.78, 5) is 4.53. The molecule has 114 valence electrons. The zero-order valence-electron chi connectivity index (χ0n) is 13.0. The van der Waals surface area contributed by atoms with Gasteiger partial charge < -0.3 is 5.32 Å². The predicted octanol–water partition coefficient (Wildman–Crippen LogP) is 5.64.